The summed E-state index contributed by atoms with van der Waals surface area (Å²) in [7, 11) is -1.49. The van der Waals surface area contributed by atoms with Gasteiger partial charge in [0.15, 0.2) is 0 Å². The van der Waals surface area contributed by atoms with Gasteiger partial charge in [0.25, 0.3) is 0 Å². The molecule has 0 saturated heterocycles. The van der Waals surface area contributed by atoms with Crippen molar-refractivity contribution in [2.24, 2.45) is 0 Å². The Morgan fingerprint density at radius 2 is 1.50 bits per heavy atom. The molecule has 126 valence electrons. The molecule has 1 saturated carbocycles. The van der Waals surface area contributed by atoms with Crippen LogP contribution in [0.4, 0.5) is 0 Å². The van der Waals surface area contributed by atoms with Crippen molar-refractivity contribution < 1.29 is 0 Å². The van der Waals surface area contributed by atoms with Crippen LogP contribution in [-0.2, 0) is 0 Å². The number of hydrogen-bond donors (Lipinski definition) is 0. The van der Waals surface area contributed by atoms with Gasteiger partial charge in [-0.1, -0.05) is 56.0 Å². The van der Waals surface area contributed by atoms with Crippen molar-refractivity contribution in [2.45, 2.75) is 70.1 Å². The highest BCUT2D eigenvalue weighted by Crippen LogP contribution is 2.49. The molecule has 1 aromatic carbocycles. The molecule has 1 unspecified atom stereocenters. The number of rotatable bonds is 2. The summed E-state index contributed by atoms with van der Waals surface area (Å²) in [5.74, 6) is 0. The Kier molecular flexibility index (Phi) is 3.95. The van der Waals surface area contributed by atoms with E-state index in [1.807, 2.05) is 0 Å². The lowest BCUT2D eigenvalue weighted by Gasteiger charge is -2.34. The Morgan fingerprint density at radius 3 is 2.17 bits per heavy atom. The smallest absolute Gasteiger partial charge is 0.0707 e. The SMILES string of the molecule is Cc1ccc(C)c2c1C=CC2[Si](C)(C)C1C=C2CCCCCC2=C1. The fourth-order valence-corrected chi connectivity index (χ4v) is 8.42. The van der Waals surface area contributed by atoms with E-state index >= 15 is 0 Å². The van der Waals surface area contributed by atoms with Gasteiger partial charge in [0, 0.05) is 0 Å². The summed E-state index contributed by atoms with van der Waals surface area (Å²) in [5, 5.41) is 0. The molecule has 1 atom stereocenters. The lowest BCUT2D eigenvalue weighted by molar-refractivity contribution is 0.717. The number of allylic oxidation sites excluding steroid dienone is 5. The van der Waals surface area contributed by atoms with Crippen molar-refractivity contribution in [1.29, 1.82) is 0 Å². The molecule has 0 bridgehead atoms. The van der Waals surface area contributed by atoms with Crippen molar-refractivity contribution in [3.8, 4) is 0 Å². The first-order valence-corrected chi connectivity index (χ1v) is 12.8. The van der Waals surface area contributed by atoms with Crippen LogP contribution in [0, 0.1) is 13.8 Å². The largest absolute Gasteiger partial charge is 0.0791 e. The molecular formula is C23H30Si. The zero-order valence-corrected chi connectivity index (χ0v) is 16.7. The maximum absolute atomic E-state index is 2.67. The van der Waals surface area contributed by atoms with Crippen LogP contribution in [0.5, 0.6) is 0 Å². The van der Waals surface area contributed by atoms with E-state index in [-0.39, 0.29) is 0 Å². The van der Waals surface area contributed by atoms with E-state index < -0.39 is 8.07 Å². The highest BCUT2D eigenvalue weighted by atomic mass is 28.3. The second-order valence-electron chi connectivity index (χ2n) is 8.66. The molecule has 0 aliphatic heterocycles. The van der Waals surface area contributed by atoms with Gasteiger partial charge in [0.1, 0.15) is 0 Å². The number of aryl methyl sites for hydroxylation is 2. The Hall–Kier alpha value is -1.34. The lowest BCUT2D eigenvalue weighted by Crippen LogP contribution is -2.37. The van der Waals surface area contributed by atoms with Gasteiger partial charge in [-0.2, -0.15) is 0 Å². The monoisotopic (exact) mass is 334 g/mol. The summed E-state index contributed by atoms with van der Waals surface area (Å²) in [6, 6.07) is 4.61. The molecule has 1 aromatic rings. The summed E-state index contributed by atoms with van der Waals surface area (Å²) in [6.07, 6.45) is 17.1. The van der Waals surface area contributed by atoms with Gasteiger partial charge in [0.2, 0.25) is 0 Å². The lowest BCUT2D eigenvalue weighted by atomic mass is 9.99. The number of benzene rings is 1. The molecule has 1 fully saturated rings. The van der Waals surface area contributed by atoms with Gasteiger partial charge in [0.05, 0.1) is 8.07 Å². The highest BCUT2D eigenvalue weighted by Gasteiger charge is 2.42. The van der Waals surface area contributed by atoms with E-state index in [9.17, 15) is 0 Å². The van der Waals surface area contributed by atoms with Crippen LogP contribution in [0.25, 0.3) is 6.08 Å². The van der Waals surface area contributed by atoms with Gasteiger partial charge < -0.3 is 0 Å². The topological polar surface area (TPSA) is 0 Å². The van der Waals surface area contributed by atoms with E-state index in [2.05, 4.69) is 63.4 Å². The van der Waals surface area contributed by atoms with Gasteiger partial charge >= 0.3 is 0 Å². The van der Waals surface area contributed by atoms with Crippen molar-refractivity contribution in [2.75, 3.05) is 0 Å². The first kappa shape index (κ1) is 16.1. The van der Waals surface area contributed by atoms with E-state index in [0.717, 1.165) is 0 Å². The van der Waals surface area contributed by atoms with E-state index in [0.29, 0.717) is 11.1 Å². The van der Waals surface area contributed by atoms with Crippen LogP contribution < -0.4 is 0 Å². The molecule has 1 heteroatoms. The first-order valence-electron chi connectivity index (χ1n) is 9.68. The molecule has 0 spiro atoms. The molecule has 3 aliphatic carbocycles. The van der Waals surface area contributed by atoms with E-state index in [1.165, 1.54) is 48.8 Å². The van der Waals surface area contributed by atoms with E-state index in [1.54, 1.807) is 16.7 Å². The Balaban J connectivity index is 1.70. The van der Waals surface area contributed by atoms with Gasteiger partial charge in [-0.05, 0) is 84.0 Å². The molecule has 24 heavy (non-hydrogen) atoms. The summed E-state index contributed by atoms with van der Waals surface area (Å²) < 4.78 is 0. The fourth-order valence-electron chi connectivity index (χ4n) is 5.03. The predicted molar refractivity (Wildman–Crippen MR) is 108 cm³/mol. The molecule has 0 nitrogen and oxygen atoms in total. The Morgan fingerprint density at radius 1 is 0.875 bits per heavy atom. The van der Waals surface area contributed by atoms with Crippen molar-refractivity contribution in [1.82, 2.24) is 0 Å². The Labute approximate surface area is 148 Å². The predicted octanol–water partition coefficient (Wildman–Crippen LogP) is 6.86. The third-order valence-corrected chi connectivity index (χ3v) is 10.9. The minimum atomic E-state index is -1.49. The maximum atomic E-state index is 2.67. The molecule has 0 amide bonds. The number of fused-ring (bicyclic) bond motifs is 2. The molecule has 4 rings (SSSR count). The minimum absolute atomic E-state index is 0.661. The molecule has 0 heterocycles. The summed E-state index contributed by atoms with van der Waals surface area (Å²) in [4.78, 5) is 0. The standard InChI is InChI=1S/C23H30Si/c1-16-10-11-17(2)23-21(16)12-13-22(23)24(3,4)20-14-18-8-6-5-7-9-19(18)15-20/h10-15,20,22H,5-9H2,1-4H3. The molecule has 0 aromatic heterocycles. The van der Waals surface area contributed by atoms with Crippen molar-refractivity contribution >= 4 is 14.1 Å². The van der Waals surface area contributed by atoms with Crippen LogP contribution >= 0.6 is 0 Å². The maximum Gasteiger partial charge on any atom is 0.0707 e. The molecule has 0 N–H and O–H groups in total. The van der Waals surface area contributed by atoms with Crippen LogP contribution in [-0.4, -0.2) is 8.07 Å². The summed E-state index contributed by atoms with van der Waals surface area (Å²) in [6.45, 7) is 9.79. The zero-order valence-electron chi connectivity index (χ0n) is 15.7. The Bertz CT molecular complexity index is 738. The summed E-state index contributed by atoms with van der Waals surface area (Å²) in [5.41, 5.74) is 10.8. The van der Waals surface area contributed by atoms with Crippen LogP contribution in [0.2, 0.25) is 18.6 Å². The summed E-state index contributed by atoms with van der Waals surface area (Å²) >= 11 is 0. The first-order chi connectivity index (χ1) is 11.5. The third kappa shape index (κ3) is 2.49. The van der Waals surface area contributed by atoms with Gasteiger partial charge in [-0.15, -0.1) is 0 Å². The second kappa shape index (κ2) is 5.88. The van der Waals surface area contributed by atoms with Crippen LogP contribution in [0.15, 0.2) is 41.5 Å². The van der Waals surface area contributed by atoms with Crippen molar-refractivity contribution in [3.63, 3.8) is 0 Å². The third-order valence-electron chi connectivity index (χ3n) is 6.72. The molecule has 0 radical (unpaired) electrons. The number of hydrogen-bond acceptors (Lipinski definition) is 0. The zero-order chi connectivity index (χ0) is 16.9. The van der Waals surface area contributed by atoms with Crippen LogP contribution in [0.1, 0.15) is 59.9 Å². The molecular weight excluding hydrogens is 304 g/mol. The van der Waals surface area contributed by atoms with Crippen LogP contribution in [0.3, 0.4) is 0 Å². The second-order valence-corrected chi connectivity index (χ2v) is 13.6. The highest BCUT2D eigenvalue weighted by molar-refractivity contribution is 6.81. The average Bonchev–Trinajstić information content (AvgIpc) is 3.12. The quantitative estimate of drug-likeness (QED) is 0.518. The average molecular weight is 335 g/mol. The minimum Gasteiger partial charge on any atom is -0.0791 e. The van der Waals surface area contributed by atoms with Crippen molar-refractivity contribution in [3.05, 3.63) is 63.8 Å². The fraction of sp³-hybridized carbons (Fsp3) is 0.478. The van der Waals surface area contributed by atoms with E-state index in [4.69, 9.17) is 0 Å². The molecule has 3 aliphatic rings. The normalized spacial score (nSPS) is 23.6. The van der Waals surface area contributed by atoms with Gasteiger partial charge in [-0.25, -0.2) is 0 Å². The van der Waals surface area contributed by atoms with Gasteiger partial charge in [-0.3, -0.25) is 0 Å².